The summed E-state index contributed by atoms with van der Waals surface area (Å²) < 4.78 is 19.1. The Bertz CT molecular complexity index is 1260. The minimum Gasteiger partial charge on any atom is -0.491 e. The van der Waals surface area contributed by atoms with Gasteiger partial charge in [-0.3, -0.25) is 9.78 Å². The number of pyridine rings is 1. The van der Waals surface area contributed by atoms with Crippen molar-refractivity contribution in [1.82, 2.24) is 10.3 Å². The van der Waals surface area contributed by atoms with E-state index in [1.54, 1.807) is 12.3 Å². The largest absolute Gasteiger partial charge is 0.491 e. The summed E-state index contributed by atoms with van der Waals surface area (Å²) >= 11 is 0. The van der Waals surface area contributed by atoms with Gasteiger partial charge in [-0.2, -0.15) is 0 Å². The number of rotatable bonds is 11. The van der Waals surface area contributed by atoms with Gasteiger partial charge in [0.2, 0.25) is 0 Å². The molecule has 2 atom stereocenters. The third kappa shape index (κ3) is 7.75. The second-order valence-corrected chi connectivity index (χ2v) is 15.1. The lowest BCUT2D eigenvalue weighted by molar-refractivity contribution is 0.0995. The van der Waals surface area contributed by atoms with Gasteiger partial charge in [0.25, 0.3) is 5.91 Å². The van der Waals surface area contributed by atoms with Gasteiger partial charge in [0.1, 0.15) is 36.0 Å². The van der Waals surface area contributed by atoms with Crippen LogP contribution in [0.3, 0.4) is 0 Å². The van der Waals surface area contributed by atoms with Crippen molar-refractivity contribution in [3.63, 3.8) is 0 Å². The third-order valence-electron chi connectivity index (χ3n) is 7.21. The highest BCUT2D eigenvalue weighted by Gasteiger charge is 2.32. The van der Waals surface area contributed by atoms with Gasteiger partial charge in [-0.25, -0.2) is 0 Å². The van der Waals surface area contributed by atoms with Crippen molar-refractivity contribution in [3.05, 3.63) is 78.1 Å². The van der Waals surface area contributed by atoms with E-state index in [4.69, 9.17) is 19.4 Å². The van der Waals surface area contributed by atoms with E-state index < -0.39 is 16.2 Å². The molecule has 0 bridgehead atoms. The standard InChI is InChI=1S/C31H41N3O4S/c1-31(2,3)39(4,5)38-27(21-36-25-9-7-6-8-10-25)20-33-19-26-13-11-24-17-22(12-14-29(24)37-26)23-15-16-34-28(18-23)30(32)35/h6-10,12,14-18,26-27,33H,11,13,19-21H2,1-5H3,(H2,32,35). The minimum absolute atomic E-state index is 0.0602. The average molecular weight is 552 g/mol. The number of para-hydroxylation sites is 1. The fourth-order valence-corrected chi connectivity index (χ4v) is 5.32. The third-order valence-corrected chi connectivity index (χ3v) is 10.9. The summed E-state index contributed by atoms with van der Waals surface area (Å²) in [5, 5.41) is 3.58. The highest BCUT2D eigenvalue weighted by molar-refractivity contribution is 8.29. The number of benzene rings is 2. The molecule has 1 amide bonds. The summed E-state index contributed by atoms with van der Waals surface area (Å²) in [6, 6.07) is 19.6. The Kier molecular flexibility index (Phi) is 9.20. The summed E-state index contributed by atoms with van der Waals surface area (Å²) in [4.78, 5) is 15.6. The van der Waals surface area contributed by atoms with Crippen LogP contribution in [0, 0.1) is 0 Å². The number of aromatic nitrogens is 1. The van der Waals surface area contributed by atoms with Gasteiger partial charge >= 0.3 is 0 Å². The molecular formula is C31H41N3O4S. The van der Waals surface area contributed by atoms with Gasteiger partial charge in [0.05, 0.1) is 0 Å². The smallest absolute Gasteiger partial charge is 0.267 e. The van der Waals surface area contributed by atoms with Crippen molar-refractivity contribution < 1.29 is 18.5 Å². The molecule has 0 saturated carbocycles. The van der Waals surface area contributed by atoms with E-state index in [2.05, 4.69) is 49.6 Å². The number of ether oxygens (including phenoxy) is 2. The van der Waals surface area contributed by atoms with E-state index in [0.29, 0.717) is 13.2 Å². The number of carbonyl (C=O) groups is 1. The summed E-state index contributed by atoms with van der Waals surface area (Å²) in [7, 11) is -1.31. The number of aryl methyl sites for hydroxylation is 1. The lowest BCUT2D eigenvalue weighted by Gasteiger charge is -2.46. The monoisotopic (exact) mass is 551 g/mol. The van der Waals surface area contributed by atoms with Crippen LogP contribution in [0.15, 0.2) is 66.9 Å². The number of hydrogen-bond donors (Lipinski definition) is 2. The van der Waals surface area contributed by atoms with E-state index in [1.807, 2.05) is 48.5 Å². The molecule has 3 aromatic rings. The van der Waals surface area contributed by atoms with E-state index >= 15 is 0 Å². The first-order chi connectivity index (χ1) is 18.5. The zero-order valence-corrected chi connectivity index (χ0v) is 24.4. The lowest BCUT2D eigenvalue weighted by atomic mass is 9.97. The number of primary amides is 1. The molecule has 1 aliphatic heterocycles. The summed E-state index contributed by atoms with van der Waals surface area (Å²) in [5.74, 6) is 1.22. The normalized spacial score (nSPS) is 16.6. The SMILES string of the molecule is CC(C)(C)S(C)(C)OC(CNCC1CCc2cc(-c3ccnc(C(N)=O)c3)ccc2O1)COc1ccccc1. The molecule has 7 nitrogen and oxygen atoms in total. The van der Waals surface area contributed by atoms with Crippen molar-refractivity contribution in [2.75, 3.05) is 32.2 Å². The number of fused-ring (bicyclic) bond motifs is 1. The fourth-order valence-electron chi connectivity index (χ4n) is 4.23. The quantitative estimate of drug-likeness (QED) is 0.333. The molecule has 1 aliphatic rings. The Morgan fingerprint density at radius 2 is 1.87 bits per heavy atom. The molecule has 0 fully saturated rings. The van der Waals surface area contributed by atoms with E-state index in [9.17, 15) is 4.79 Å². The Morgan fingerprint density at radius 1 is 1.13 bits per heavy atom. The number of nitrogens with zero attached hydrogens (tertiary/aromatic N) is 1. The van der Waals surface area contributed by atoms with Gasteiger partial charge in [0.15, 0.2) is 0 Å². The molecule has 0 radical (unpaired) electrons. The first kappa shape index (κ1) is 28.9. The van der Waals surface area contributed by atoms with Crippen LogP contribution in [-0.4, -0.2) is 60.1 Å². The molecule has 0 saturated heterocycles. The van der Waals surface area contributed by atoms with Crippen molar-refractivity contribution in [3.8, 4) is 22.6 Å². The molecule has 8 heteroatoms. The maximum Gasteiger partial charge on any atom is 0.267 e. The molecule has 2 unspecified atom stereocenters. The van der Waals surface area contributed by atoms with Crippen LogP contribution in [0.1, 0.15) is 43.2 Å². The number of hydrogen-bond acceptors (Lipinski definition) is 6. The van der Waals surface area contributed by atoms with Crippen molar-refractivity contribution in [2.45, 2.75) is 50.6 Å². The van der Waals surface area contributed by atoms with Gasteiger partial charge in [0, 0.05) is 24.0 Å². The highest BCUT2D eigenvalue weighted by atomic mass is 32.3. The van der Waals surface area contributed by atoms with Gasteiger partial charge in [-0.05, 0) is 78.4 Å². The van der Waals surface area contributed by atoms with Crippen LogP contribution in [0.2, 0.25) is 0 Å². The predicted octanol–water partition coefficient (Wildman–Crippen LogP) is 5.37. The zero-order chi connectivity index (χ0) is 28.0. The Balaban J connectivity index is 1.35. The van der Waals surface area contributed by atoms with E-state index in [0.717, 1.165) is 47.6 Å². The fraction of sp³-hybridized carbons (Fsp3) is 0.419. The first-order valence-electron chi connectivity index (χ1n) is 13.4. The zero-order valence-electron chi connectivity index (χ0n) is 23.6. The number of nitrogens with two attached hydrogens (primary N) is 1. The molecule has 0 aliphatic carbocycles. The second-order valence-electron chi connectivity index (χ2n) is 11.2. The van der Waals surface area contributed by atoms with Crippen LogP contribution in [0.5, 0.6) is 11.5 Å². The van der Waals surface area contributed by atoms with Crippen LogP contribution in [0.25, 0.3) is 11.1 Å². The van der Waals surface area contributed by atoms with Crippen molar-refractivity contribution in [2.24, 2.45) is 5.73 Å². The maximum atomic E-state index is 11.5. The molecular weight excluding hydrogens is 510 g/mol. The summed E-state index contributed by atoms with van der Waals surface area (Å²) in [6.07, 6.45) is 7.87. The van der Waals surface area contributed by atoms with Crippen LogP contribution >= 0.6 is 10.3 Å². The Hall–Kier alpha value is -3.07. The molecule has 4 rings (SSSR count). The average Bonchev–Trinajstić information content (AvgIpc) is 2.91. The molecule has 1 aromatic heterocycles. The maximum absolute atomic E-state index is 11.5. The number of nitrogens with one attached hydrogen (secondary N) is 1. The molecule has 210 valence electrons. The van der Waals surface area contributed by atoms with E-state index in [-0.39, 0.29) is 22.6 Å². The first-order valence-corrected chi connectivity index (χ1v) is 15.7. The highest BCUT2D eigenvalue weighted by Crippen LogP contribution is 2.54. The van der Waals surface area contributed by atoms with Gasteiger partial charge in [-0.1, -0.05) is 45.0 Å². The molecule has 2 heterocycles. The topological polar surface area (TPSA) is 95.7 Å². The van der Waals surface area contributed by atoms with Gasteiger partial charge in [-0.15, -0.1) is 10.3 Å². The van der Waals surface area contributed by atoms with Crippen molar-refractivity contribution in [1.29, 1.82) is 0 Å². The minimum atomic E-state index is -1.31. The Morgan fingerprint density at radius 3 is 2.59 bits per heavy atom. The summed E-state index contributed by atoms with van der Waals surface area (Å²) in [6.45, 7) is 8.57. The molecule has 39 heavy (non-hydrogen) atoms. The van der Waals surface area contributed by atoms with E-state index in [1.165, 1.54) is 0 Å². The molecule has 2 aromatic carbocycles. The molecule has 0 spiro atoms. The van der Waals surface area contributed by atoms with Gasteiger partial charge < -0.3 is 24.7 Å². The summed E-state index contributed by atoms with van der Waals surface area (Å²) in [5.41, 5.74) is 8.75. The van der Waals surface area contributed by atoms with Crippen LogP contribution < -0.4 is 20.5 Å². The second kappa shape index (κ2) is 12.4. The predicted molar refractivity (Wildman–Crippen MR) is 160 cm³/mol. The lowest BCUT2D eigenvalue weighted by Crippen LogP contribution is -2.41. The molecule has 3 N–H and O–H groups in total. The number of amides is 1. The van der Waals surface area contributed by atoms with Crippen LogP contribution in [0.4, 0.5) is 0 Å². The van der Waals surface area contributed by atoms with Crippen LogP contribution in [-0.2, 0) is 10.6 Å². The Labute approximate surface area is 234 Å². The number of carbonyl (C=O) groups excluding carboxylic acids is 1. The van der Waals surface area contributed by atoms with Crippen molar-refractivity contribution >= 4 is 16.2 Å².